The highest BCUT2D eigenvalue weighted by molar-refractivity contribution is 7.92. The molecule has 4 aromatic rings. The van der Waals surface area contributed by atoms with Crippen molar-refractivity contribution in [3.8, 4) is 28.9 Å². The monoisotopic (exact) mass is 416 g/mol. The molecule has 1 aromatic heterocycles. The molecule has 4 rings (SSSR count). The van der Waals surface area contributed by atoms with Crippen LogP contribution in [0.4, 0.5) is 5.69 Å². The highest BCUT2D eigenvalue weighted by Gasteiger charge is 2.17. The lowest BCUT2D eigenvalue weighted by atomic mass is 10.1. The molecule has 0 amide bonds. The third-order valence-electron chi connectivity index (χ3n) is 4.37. The number of aryl methyl sites for hydroxylation is 1. The van der Waals surface area contributed by atoms with E-state index in [9.17, 15) is 8.42 Å². The molecule has 0 saturated heterocycles. The first-order valence-electron chi connectivity index (χ1n) is 8.99. The van der Waals surface area contributed by atoms with Crippen LogP contribution in [0.15, 0.2) is 82.2 Å². The van der Waals surface area contributed by atoms with Crippen LogP contribution in [0.5, 0.6) is 0 Å². The third kappa shape index (κ3) is 4.06. The summed E-state index contributed by atoms with van der Waals surface area (Å²) in [5.74, 6) is 0.638. The third-order valence-corrected chi connectivity index (χ3v) is 5.75. The zero-order chi connectivity index (χ0) is 21.1. The lowest BCUT2D eigenvalue weighted by molar-refractivity contribution is 0.432. The molecule has 0 unspecified atom stereocenters. The molecule has 3 aromatic carbocycles. The largest absolute Gasteiger partial charge is 0.334 e. The summed E-state index contributed by atoms with van der Waals surface area (Å²) in [7, 11) is -3.87. The van der Waals surface area contributed by atoms with Crippen LogP contribution >= 0.6 is 0 Å². The van der Waals surface area contributed by atoms with Gasteiger partial charge in [-0.05, 0) is 43.3 Å². The lowest BCUT2D eigenvalue weighted by Crippen LogP contribution is -2.13. The Hall–Kier alpha value is -3.96. The molecule has 1 N–H and O–H groups in total. The summed E-state index contributed by atoms with van der Waals surface area (Å²) >= 11 is 0. The second-order valence-electron chi connectivity index (χ2n) is 6.62. The Morgan fingerprint density at radius 2 is 1.73 bits per heavy atom. The molecule has 0 atom stereocenters. The van der Waals surface area contributed by atoms with Gasteiger partial charge < -0.3 is 4.52 Å². The number of benzene rings is 3. The summed E-state index contributed by atoms with van der Waals surface area (Å²) in [5, 5.41) is 13.0. The van der Waals surface area contributed by atoms with Gasteiger partial charge in [-0.1, -0.05) is 47.1 Å². The van der Waals surface area contributed by atoms with E-state index in [2.05, 4.69) is 14.9 Å². The van der Waals surface area contributed by atoms with Gasteiger partial charge in [0, 0.05) is 11.1 Å². The molecule has 0 aliphatic heterocycles. The van der Waals surface area contributed by atoms with Crippen molar-refractivity contribution in [2.75, 3.05) is 4.72 Å². The average Bonchev–Trinajstić information content (AvgIpc) is 3.24. The number of anilines is 1. The Morgan fingerprint density at radius 1 is 0.967 bits per heavy atom. The fraction of sp³-hybridized carbons (Fsp3) is 0.0455. The number of nitrogens with zero attached hydrogens (tertiary/aromatic N) is 3. The predicted octanol–water partition coefficient (Wildman–Crippen LogP) is 4.38. The fourth-order valence-electron chi connectivity index (χ4n) is 2.82. The van der Waals surface area contributed by atoms with Gasteiger partial charge in [0.25, 0.3) is 15.9 Å². The van der Waals surface area contributed by atoms with E-state index in [1.807, 2.05) is 37.3 Å². The first-order valence-corrected chi connectivity index (χ1v) is 10.5. The van der Waals surface area contributed by atoms with Gasteiger partial charge in [-0.2, -0.15) is 10.2 Å². The molecule has 0 fully saturated rings. The minimum Gasteiger partial charge on any atom is -0.334 e. The maximum absolute atomic E-state index is 12.8. The molecule has 0 bridgehead atoms. The summed E-state index contributed by atoms with van der Waals surface area (Å²) in [6, 6.07) is 22.1. The second kappa shape index (κ2) is 7.81. The molecule has 0 aliphatic carbocycles. The van der Waals surface area contributed by atoms with Crippen LogP contribution in [0, 0.1) is 18.3 Å². The number of nitrogens with one attached hydrogen (secondary N) is 1. The molecular formula is C22H16N4O3S. The van der Waals surface area contributed by atoms with Crippen LogP contribution in [-0.4, -0.2) is 18.6 Å². The van der Waals surface area contributed by atoms with Crippen molar-refractivity contribution in [3.05, 3.63) is 83.9 Å². The quantitative estimate of drug-likeness (QED) is 0.517. The van der Waals surface area contributed by atoms with E-state index in [1.165, 1.54) is 18.2 Å². The molecule has 1 heterocycles. The number of rotatable bonds is 5. The minimum atomic E-state index is -3.87. The molecule has 8 heteroatoms. The van der Waals surface area contributed by atoms with Gasteiger partial charge >= 0.3 is 0 Å². The summed E-state index contributed by atoms with van der Waals surface area (Å²) < 4.78 is 33.4. The van der Waals surface area contributed by atoms with Crippen LogP contribution in [0.1, 0.15) is 11.1 Å². The van der Waals surface area contributed by atoms with E-state index in [0.29, 0.717) is 22.6 Å². The molecule has 0 radical (unpaired) electrons. The maximum atomic E-state index is 12.8. The Kier molecular flexibility index (Phi) is 5.04. The summed E-state index contributed by atoms with van der Waals surface area (Å²) in [6.45, 7) is 1.99. The number of hydrogen-bond acceptors (Lipinski definition) is 6. The summed E-state index contributed by atoms with van der Waals surface area (Å²) in [4.78, 5) is 4.42. The topological polar surface area (TPSA) is 109 Å². The van der Waals surface area contributed by atoms with Crippen LogP contribution in [0.2, 0.25) is 0 Å². The zero-order valence-electron chi connectivity index (χ0n) is 15.9. The Balaban J connectivity index is 1.62. The van der Waals surface area contributed by atoms with E-state index in [0.717, 1.165) is 11.1 Å². The maximum Gasteiger partial charge on any atom is 0.261 e. The smallest absolute Gasteiger partial charge is 0.261 e. The standard InChI is InChI=1S/C22H16N4O3S/c1-15-8-10-17(11-9-15)21-24-22(29-25-21)18-5-3-7-20(13-18)30(27,28)26-19-6-2-4-16(12-19)14-23/h2-13,26H,1H3. The highest BCUT2D eigenvalue weighted by atomic mass is 32.2. The first-order chi connectivity index (χ1) is 14.4. The Morgan fingerprint density at radius 3 is 2.50 bits per heavy atom. The molecule has 30 heavy (non-hydrogen) atoms. The van der Waals surface area contributed by atoms with E-state index < -0.39 is 10.0 Å². The van der Waals surface area contributed by atoms with Crippen molar-refractivity contribution in [3.63, 3.8) is 0 Å². The van der Waals surface area contributed by atoms with Gasteiger partial charge in [0.05, 0.1) is 22.2 Å². The van der Waals surface area contributed by atoms with Crippen molar-refractivity contribution in [2.45, 2.75) is 11.8 Å². The molecule has 0 saturated carbocycles. The van der Waals surface area contributed by atoms with Gasteiger partial charge in [-0.3, -0.25) is 4.72 Å². The van der Waals surface area contributed by atoms with Crippen LogP contribution in [-0.2, 0) is 10.0 Å². The van der Waals surface area contributed by atoms with Crippen molar-refractivity contribution in [1.29, 1.82) is 5.26 Å². The van der Waals surface area contributed by atoms with Gasteiger partial charge in [0.1, 0.15) is 0 Å². The van der Waals surface area contributed by atoms with Crippen molar-refractivity contribution in [2.24, 2.45) is 0 Å². The molecule has 148 valence electrons. The second-order valence-corrected chi connectivity index (χ2v) is 8.30. The molecule has 0 aliphatic rings. The van der Waals surface area contributed by atoms with Gasteiger partial charge in [0.2, 0.25) is 5.82 Å². The minimum absolute atomic E-state index is 0.0393. The molecular weight excluding hydrogens is 400 g/mol. The predicted molar refractivity (Wildman–Crippen MR) is 112 cm³/mol. The normalized spacial score (nSPS) is 11.1. The lowest BCUT2D eigenvalue weighted by Gasteiger charge is -2.09. The van der Waals surface area contributed by atoms with E-state index >= 15 is 0 Å². The number of sulfonamides is 1. The van der Waals surface area contributed by atoms with Crippen LogP contribution in [0.3, 0.4) is 0 Å². The number of aromatic nitrogens is 2. The Bertz CT molecular complexity index is 1350. The molecule has 7 nitrogen and oxygen atoms in total. The van der Waals surface area contributed by atoms with E-state index in [-0.39, 0.29) is 10.8 Å². The zero-order valence-corrected chi connectivity index (χ0v) is 16.7. The summed E-state index contributed by atoms with van der Waals surface area (Å²) in [5.41, 5.74) is 3.07. The Labute approximate surface area is 173 Å². The van der Waals surface area contributed by atoms with Gasteiger partial charge in [-0.15, -0.1) is 0 Å². The van der Waals surface area contributed by atoms with Crippen molar-refractivity contribution >= 4 is 15.7 Å². The highest BCUT2D eigenvalue weighted by Crippen LogP contribution is 2.25. The average molecular weight is 416 g/mol. The van der Waals surface area contributed by atoms with Crippen molar-refractivity contribution < 1.29 is 12.9 Å². The van der Waals surface area contributed by atoms with Crippen LogP contribution < -0.4 is 4.72 Å². The number of nitriles is 1. The van der Waals surface area contributed by atoms with Gasteiger partial charge in [-0.25, -0.2) is 8.42 Å². The van der Waals surface area contributed by atoms with E-state index in [1.54, 1.807) is 30.3 Å². The number of hydrogen-bond donors (Lipinski definition) is 1. The van der Waals surface area contributed by atoms with E-state index in [4.69, 9.17) is 9.78 Å². The summed E-state index contributed by atoms with van der Waals surface area (Å²) in [6.07, 6.45) is 0. The van der Waals surface area contributed by atoms with Crippen LogP contribution in [0.25, 0.3) is 22.8 Å². The molecule has 0 spiro atoms. The fourth-order valence-corrected chi connectivity index (χ4v) is 3.92. The SMILES string of the molecule is Cc1ccc(-c2noc(-c3cccc(S(=O)(=O)Nc4cccc(C#N)c4)c3)n2)cc1. The van der Waals surface area contributed by atoms with Crippen molar-refractivity contribution in [1.82, 2.24) is 10.1 Å². The van der Waals surface area contributed by atoms with Gasteiger partial charge in [0.15, 0.2) is 0 Å². The first kappa shape index (κ1) is 19.4.